The summed E-state index contributed by atoms with van der Waals surface area (Å²) in [5.41, 5.74) is 3.90. The second-order valence-electron chi connectivity index (χ2n) is 11.8. The molecule has 1 aromatic rings. The molecule has 0 spiro atoms. The number of carbonyl (C=O) groups excluding carboxylic acids is 2. The lowest BCUT2D eigenvalue weighted by molar-refractivity contribution is -0.137. The van der Waals surface area contributed by atoms with E-state index in [-0.39, 0.29) is 11.8 Å². The maximum absolute atomic E-state index is 13.8. The van der Waals surface area contributed by atoms with Crippen molar-refractivity contribution in [2.45, 2.75) is 89.1 Å². The van der Waals surface area contributed by atoms with E-state index in [1.165, 1.54) is 50.8 Å². The summed E-state index contributed by atoms with van der Waals surface area (Å²) in [6.45, 7) is 5.41. The van der Waals surface area contributed by atoms with Crippen LogP contribution in [-0.2, 0) is 16.0 Å². The van der Waals surface area contributed by atoms with Crippen LogP contribution in [0.5, 0.6) is 0 Å². The number of amides is 1. The summed E-state index contributed by atoms with van der Waals surface area (Å²) < 4.78 is 0. The molecule has 5 aliphatic rings. The average molecular weight is 461 g/mol. The van der Waals surface area contributed by atoms with Gasteiger partial charge >= 0.3 is 0 Å². The molecule has 2 bridgehead atoms. The van der Waals surface area contributed by atoms with E-state index in [2.05, 4.69) is 47.1 Å². The highest BCUT2D eigenvalue weighted by Gasteiger charge is 2.47. The molecule has 2 aliphatic carbocycles. The van der Waals surface area contributed by atoms with Crippen LogP contribution in [-0.4, -0.2) is 53.2 Å². The van der Waals surface area contributed by atoms with Gasteiger partial charge in [-0.05, 0) is 87.8 Å². The molecule has 0 N–H and O–H groups in total. The standard InChI is InChI=1S/C30H40N2O2/c1-20(22-12-10-21(11-13-22)16-23-6-4-9-28(23)33)30(34)32-15-5-7-24-17-25-18-26(29(24)32)19-31-14-3-2-8-27(25)31/h10-13,17,20,23,25-27,29H,2-9,14-16,18-19H2,1H3/t20-,23+,25?,26?,27-,29-/m1/s1. The number of benzene rings is 1. The molecule has 0 radical (unpaired) electrons. The second-order valence-corrected chi connectivity index (χ2v) is 11.8. The Morgan fingerprint density at radius 2 is 1.88 bits per heavy atom. The largest absolute Gasteiger partial charge is 0.335 e. The van der Waals surface area contributed by atoms with Crippen molar-refractivity contribution >= 4 is 11.7 Å². The molecule has 1 aromatic carbocycles. The van der Waals surface area contributed by atoms with Gasteiger partial charge in [-0.15, -0.1) is 0 Å². The van der Waals surface area contributed by atoms with Crippen molar-refractivity contribution in [3.8, 4) is 0 Å². The average Bonchev–Trinajstić information content (AvgIpc) is 3.27. The first kappa shape index (κ1) is 22.5. The predicted octanol–water partition coefficient (Wildman–Crippen LogP) is 5.12. The van der Waals surface area contributed by atoms with Gasteiger partial charge in [-0.2, -0.15) is 0 Å². The number of piperidine rings is 3. The summed E-state index contributed by atoms with van der Waals surface area (Å²) in [5.74, 6) is 2.11. The monoisotopic (exact) mass is 460 g/mol. The lowest BCUT2D eigenvalue weighted by atomic mass is 9.68. The Morgan fingerprint density at radius 1 is 1.03 bits per heavy atom. The molecule has 1 amide bonds. The third kappa shape index (κ3) is 4.06. The molecular weight excluding hydrogens is 420 g/mol. The SMILES string of the molecule is C[C@@H](C(=O)N1CCCC2=CC3CC(CN4CCCC[C@H]34)[C@@H]21)c1ccc(C[C@@H]2CCCC2=O)cc1. The van der Waals surface area contributed by atoms with Crippen molar-refractivity contribution in [2.75, 3.05) is 19.6 Å². The summed E-state index contributed by atoms with van der Waals surface area (Å²) in [5, 5.41) is 0. The van der Waals surface area contributed by atoms with Crippen LogP contribution in [0.3, 0.4) is 0 Å². The molecule has 3 aliphatic heterocycles. The number of carbonyl (C=O) groups is 2. The van der Waals surface area contributed by atoms with Crippen molar-refractivity contribution in [1.82, 2.24) is 9.80 Å². The molecule has 3 saturated heterocycles. The smallest absolute Gasteiger partial charge is 0.230 e. The summed E-state index contributed by atoms with van der Waals surface area (Å²) in [7, 11) is 0. The van der Waals surface area contributed by atoms with Crippen molar-refractivity contribution in [3.05, 3.63) is 47.0 Å². The number of fused-ring (bicyclic) bond motifs is 6. The van der Waals surface area contributed by atoms with Gasteiger partial charge in [0.1, 0.15) is 5.78 Å². The van der Waals surface area contributed by atoms with Crippen molar-refractivity contribution < 1.29 is 9.59 Å². The number of hydrogen-bond acceptors (Lipinski definition) is 3. The Kier molecular flexibility index (Phi) is 6.13. The van der Waals surface area contributed by atoms with Gasteiger partial charge in [-0.3, -0.25) is 14.5 Å². The molecule has 6 atom stereocenters. The van der Waals surface area contributed by atoms with Gasteiger partial charge in [0, 0.05) is 31.5 Å². The normalized spacial score (nSPS) is 34.3. The number of nitrogens with zero attached hydrogens (tertiary/aromatic N) is 2. The fourth-order valence-electron chi connectivity index (χ4n) is 7.94. The zero-order chi connectivity index (χ0) is 23.2. The Hall–Kier alpha value is -1.94. The van der Waals surface area contributed by atoms with Crippen LogP contribution < -0.4 is 0 Å². The molecule has 4 fully saturated rings. The number of hydrogen-bond donors (Lipinski definition) is 0. The minimum atomic E-state index is -0.120. The van der Waals surface area contributed by atoms with E-state index in [1.54, 1.807) is 5.57 Å². The molecule has 4 heteroatoms. The van der Waals surface area contributed by atoms with Crippen LogP contribution in [0.4, 0.5) is 0 Å². The minimum Gasteiger partial charge on any atom is -0.335 e. The maximum Gasteiger partial charge on any atom is 0.230 e. The first-order valence-corrected chi connectivity index (χ1v) is 13.9. The van der Waals surface area contributed by atoms with Gasteiger partial charge in [0.2, 0.25) is 5.91 Å². The third-order valence-electron chi connectivity index (χ3n) is 9.70. The summed E-state index contributed by atoms with van der Waals surface area (Å²) in [6, 6.07) is 9.63. The van der Waals surface area contributed by atoms with Crippen molar-refractivity contribution in [2.24, 2.45) is 17.8 Å². The van der Waals surface area contributed by atoms with Gasteiger partial charge in [-0.1, -0.05) is 42.3 Å². The molecule has 4 nitrogen and oxygen atoms in total. The van der Waals surface area contributed by atoms with E-state index in [0.29, 0.717) is 29.6 Å². The lowest BCUT2D eigenvalue weighted by Gasteiger charge is -2.55. The molecule has 34 heavy (non-hydrogen) atoms. The highest BCUT2D eigenvalue weighted by molar-refractivity contribution is 5.84. The Balaban J connectivity index is 1.17. The highest BCUT2D eigenvalue weighted by Crippen LogP contribution is 2.45. The van der Waals surface area contributed by atoms with E-state index in [1.807, 2.05) is 0 Å². The highest BCUT2D eigenvalue weighted by atomic mass is 16.2. The fraction of sp³-hybridized carbons (Fsp3) is 0.667. The fourth-order valence-corrected chi connectivity index (χ4v) is 7.94. The summed E-state index contributed by atoms with van der Waals surface area (Å²) in [4.78, 5) is 30.9. The maximum atomic E-state index is 13.8. The van der Waals surface area contributed by atoms with E-state index in [4.69, 9.17) is 0 Å². The van der Waals surface area contributed by atoms with Gasteiger partial charge < -0.3 is 4.90 Å². The second kappa shape index (κ2) is 9.26. The van der Waals surface area contributed by atoms with Gasteiger partial charge in [-0.25, -0.2) is 0 Å². The van der Waals surface area contributed by atoms with Gasteiger partial charge in [0.25, 0.3) is 0 Å². The summed E-state index contributed by atoms with van der Waals surface area (Å²) in [6.07, 6.45) is 13.9. The van der Waals surface area contributed by atoms with Crippen molar-refractivity contribution in [1.29, 1.82) is 0 Å². The van der Waals surface area contributed by atoms with E-state index >= 15 is 0 Å². The Bertz CT molecular complexity index is 967. The quantitative estimate of drug-likeness (QED) is 0.586. The molecule has 1 saturated carbocycles. The van der Waals surface area contributed by atoms with Crippen LogP contribution >= 0.6 is 0 Å². The number of rotatable bonds is 4. The van der Waals surface area contributed by atoms with E-state index in [9.17, 15) is 9.59 Å². The zero-order valence-electron chi connectivity index (χ0n) is 20.8. The van der Waals surface area contributed by atoms with Crippen LogP contribution in [0.25, 0.3) is 0 Å². The van der Waals surface area contributed by atoms with Crippen molar-refractivity contribution in [3.63, 3.8) is 0 Å². The molecular formula is C30H40N2O2. The lowest BCUT2D eigenvalue weighted by Crippen LogP contribution is -2.60. The number of likely N-dealkylation sites (tertiary alicyclic amines) is 1. The van der Waals surface area contributed by atoms with Gasteiger partial charge in [0.15, 0.2) is 0 Å². The predicted molar refractivity (Wildman–Crippen MR) is 135 cm³/mol. The van der Waals surface area contributed by atoms with Crippen LogP contribution in [0.2, 0.25) is 0 Å². The zero-order valence-corrected chi connectivity index (χ0v) is 20.8. The molecule has 2 unspecified atom stereocenters. The minimum absolute atomic E-state index is 0.120. The molecule has 3 heterocycles. The first-order valence-electron chi connectivity index (χ1n) is 13.9. The number of Topliss-reactive ketones (excluding diaryl/α,β-unsaturated/α-hetero) is 1. The number of ketones is 1. The van der Waals surface area contributed by atoms with E-state index in [0.717, 1.165) is 50.3 Å². The topological polar surface area (TPSA) is 40.6 Å². The first-order chi connectivity index (χ1) is 16.6. The van der Waals surface area contributed by atoms with Gasteiger partial charge in [0.05, 0.1) is 12.0 Å². The van der Waals surface area contributed by atoms with Crippen LogP contribution in [0.1, 0.15) is 81.8 Å². The van der Waals surface area contributed by atoms with Crippen LogP contribution in [0, 0.1) is 17.8 Å². The molecule has 6 rings (SSSR count). The molecule has 182 valence electrons. The Morgan fingerprint density at radius 3 is 2.68 bits per heavy atom. The Labute approximate surface area is 204 Å². The summed E-state index contributed by atoms with van der Waals surface area (Å²) >= 11 is 0. The van der Waals surface area contributed by atoms with Crippen LogP contribution in [0.15, 0.2) is 35.9 Å². The third-order valence-corrected chi connectivity index (χ3v) is 9.70. The van der Waals surface area contributed by atoms with E-state index < -0.39 is 0 Å². The molecule has 0 aromatic heterocycles.